The molecule has 0 atom stereocenters. The summed E-state index contributed by atoms with van der Waals surface area (Å²) >= 11 is 0. The van der Waals surface area contributed by atoms with Crippen LogP contribution in [0.5, 0.6) is 5.75 Å². The van der Waals surface area contributed by atoms with Crippen molar-refractivity contribution in [3.8, 4) is 5.75 Å². The van der Waals surface area contributed by atoms with E-state index in [9.17, 15) is 26.3 Å². The summed E-state index contributed by atoms with van der Waals surface area (Å²) in [6.07, 6.45) is -6.37. The predicted octanol–water partition coefficient (Wildman–Crippen LogP) is 4.74. The predicted molar refractivity (Wildman–Crippen MR) is 69.9 cm³/mol. The third-order valence-corrected chi connectivity index (χ3v) is 2.94. The fraction of sp³-hybridized carbons (Fsp3) is 0.267. The molecule has 1 aromatic carbocycles. The Morgan fingerprint density at radius 3 is 2.00 bits per heavy atom. The van der Waals surface area contributed by atoms with Gasteiger partial charge in [-0.15, -0.1) is 0 Å². The summed E-state index contributed by atoms with van der Waals surface area (Å²) in [5.41, 5.74) is -2.04. The molecule has 0 aliphatic rings. The zero-order valence-electron chi connectivity index (χ0n) is 11.6. The first kappa shape index (κ1) is 17.1. The van der Waals surface area contributed by atoms with E-state index in [1.807, 2.05) is 0 Å². The maximum absolute atomic E-state index is 12.7. The van der Waals surface area contributed by atoms with Gasteiger partial charge in [-0.2, -0.15) is 26.3 Å². The van der Waals surface area contributed by atoms with Crippen molar-refractivity contribution in [2.45, 2.75) is 18.8 Å². The minimum Gasteiger partial charge on any atom is -0.493 e. The van der Waals surface area contributed by atoms with Crippen molar-refractivity contribution >= 4 is 0 Å². The summed E-state index contributed by atoms with van der Waals surface area (Å²) in [6, 6.07) is 4.57. The molecule has 2 nitrogen and oxygen atoms in total. The number of halogens is 6. The average Bonchev–Trinajstić information content (AvgIpc) is 2.46. The zero-order valence-corrected chi connectivity index (χ0v) is 11.6. The lowest BCUT2D eigenvalue weighted by Gasteiger charge is -2.14. The molecule has 124 valence electrons. The molecular formula is C15H11F6NO. The molecule has 23 heavy (non-hydrogen) atoms. The third-order valence-electron chi connectivity index (χ3n) is 2.94. The van der Waals surface area contributed by atoms with Gasteiger partial charge in [0, 0.05) is 18.8 Å². The topological polar surface area (TPSA) is 22.1 Å². The summed E-state index contributed by atoms with van der Waals surface area (Å²) in [6.45, 7) is -0.0652. The molecule has 0 aliphatic heterocycles. The number of hydrogen-bond donors (Lipinski definition) is 0. The average molecular weight is 335 g/mol. The van der Waals surface area contributed by atoms with E-state index in [0.29, 0.717) is 18.6 Å². The molecule has 0 radical (unpaired) electrons. The largest absolute Gasteiger partial charge is 0.493 e. The number of alkyl halides is 6. The molecule has 0 bridgehead atoms. The fourth-order valence-corrected chi connectivity index (χ4v) is 1.84. The molecule has 8 heteroatoms. The Morgan fingerprint density at radius 1 is 0.913 bits per heavy atom. The van der Waals surface area contributed by atoms with Crippen molar-refractivity contribution in [3.05, 3.63) is 59.4 Å². The number of rotatable bonds is 4. The molecule has 0 fully saturated rings. The van der Waals surface area contributed by atoms with Crippen molar-refractivity contribution in [2.75, 3.05) is 6.61 Å². The molecule has 0 N–H and O–H groups in total. The van der Waals surface area contributed by atoms with Crippen LogP contribution in [-0.4, -0.2) is 11.6 Å². The van der Waals surface area contributed by atoms with Gasteiger partial charge in [0.2, 0.25) is 0 Å². The molecule has 1 aromatic heterocycles. The Bertz CT molecular complexity index is 619. The Morgan fingerprint density at radius 2 is 1.52 bits per heavy atom. The van der Waals surface area contributed by atoms with Crippen LogP contribution in [0.15, 0.2) is 42.7 Å². The Kier molecular flexibility index (Phi) is 4.82. The second kappa shape index (κ2) is 6.47. The van der Waals surface area contributed by atoms with Gasteiger partial charge in [-0.25, -0.2) is 0 Å². The number of benzene rings is 1. The summed E-state index contributed by atoms with van der Waals surface area (Å²) in [5.74, 6) is -0.476. The Balaban J connectivity index is 2.17. The fourth-order valence-electron chi connectivity index (χ4n) is 1.84. The SMILES string of the molecule is FC(F)(F)c1cc(OCCc2cccnc2)cc(C(F)(F)F)c1. The van der Waals surface area contributed by atoms with Gasteiger partial charge >= 0.3 is 12.4 Å². The first-order chi connectivity index (χ1) is 10.7. The van der Waals surface area contributed by atoms with Crippen molar-refractivity contribution in [3.63, 3.8) is 0 Å². The molecule has 0 spiro atoms. The van der Waals surface area contributed by atoms with Gasteiger partial charge in [-0.3, -0.25) is 4.98 Å². The van der Waals surface area contributed by atoms with E-state index >= 15 is 0 Å². The van der Waals surface area contributed by atoms with Crippen LogP contribution in [0.25, 0.3) is 0 Å². The van der Waals surface area contributed by atoms with E-state index in [-0.39, 0.29) is 12.7 Å². The Labute approximate surface area is 127 Å². The number of aromatic nitrogens is 1. The lowest BCUT2D eigenvalue weighted by molar-refractivity contribution is -0.143. The maximum atomic E-state index is 12.7. The zero-order chi connectivity index (χ0) is 17.1. The lowest BCUT2D eigenvalue weighted by Crippen LogP contribution is -2.12. The highest BCUT2D eigenvalue weighted by Gasteiger charge is 2.37. The van der Waals surface area contributed by atoms with Crippen LogP contribution in [0, 0.1) is 0 Å². The van der Waals surface area contributed by atoms with E-state index in [1.54, 1.807) is 18.3 Å². The van der Waals surface area contributed by atoms with Crippen LogP contribution >= 0.6 is 0 Å². The van der Waals surface area contributed by atoms with Gasteiger partial charge in [-0.1, -0.05) is 6.07 Å². The van der Waals surface area contributed by atoms with E-state index in [2.05, 4.69) is 4.98 Å². The molecule has 0 amide bonds. The highest BCUT2D eigenvalue weighted by atomic mass is 19.4. The highest BCUT2D eigenvalue weighted by Crippen LogP contribution is 2.38. The standard InChI is InChI=1S/C15H11F6NO/c16-14(17,18)11-6-12(15(19,20)21)8-13(7-11)23-5-3-10-2-1-4-22-9-10/h1-2,4,6-9H,3,5H2. The summed E-state index contributed by atoms with van der Waals surface area (Å²) in [7, 11) is 0. The molecule has 0 aliphatic carbocycles. The second-order valence-electron chi connectivity index (χ2n) is 4.70. The van der Waals surface area contributed by atoms with Gasteiger partial charge in [-0.05, 0) is 29.8 Å². The van der Waals surface area contributed by atoms with E-state index in [4.69, 9.17) is 4.74 Å². The first-order valence-electron chi connectivity index (χ1n) is 6.47. The van der Waals surface area contributed by atoms with Crippen molar-refractivity contribution in [1.29, 1.82) is 0 Å². The number of ether oxygens (including phenoxy) is 1. The minimum atomic E-state index is -4.89. The van der Waals surface area contributed by atoms with Gasteiger partial charge < -0.3 is 4.74 Å². The van der Waals surface area contributed by atoms with Crippen LogP contribution in [0.3, 0.4) is 0 Å². The molecular weight excluding hydrogens is 324 g/mol. The molecule has 2 rings (SSSR count). The number of nitrogens with zero attached hydrogens (tertiary/aromatic N) is 1. The Hall–Kier alpha value is -2.25. The molecule has 2 aromatic rings. The van der Waals surface area contributed by atoms with Crippen LogP contribution < -0.4 is 4.74 Å². The third kappa shape index (κ3) is 4.87. The van der Waals surface area contributed by atoms with Crippen LogP contribution in [0.4, 0.5) is 26.3 Å². The van der Waals surface area contributed by atoms with Crippen molar-refractivity contribution in [2.24, 2.45) is 0 Å². The quantitative estimate of drug-likeness (QED) is 0.753. The first-order valence-corrected chi connectivity index (χ1v) is 6.47. The smallest absolute Gasteiger partial charge is 0.416 e. The van der Waals surface area contributed by atoms with Gasteiger partial charge in [0.25, 0.3) is 0 Å². The van der Waals surface area contributed by atoms with Crippen LogP contribution in [0.1, 0.15) is 16.7 Å². The normalized spacial score (nSPS) is 12.3. The number of hydrogen-bond acceptors (Lipinski definition) is 2. The summed E-state index contributed by atoms with van der Waals surface area (Å²) < 4.78 is 81.2. The number of pyridine rings is 1. The summed E-state index contributed by atoms with van der Waals surface area (Å²) in [4.78, 5) is 3.85. The highest BCUT2D eigenvalue weighted by molar-refractivity contribution is 5.37. The lowest BCUT2D eigenvalue weighted by atomic mass is 10.1. The molecule has 0 saturated carbocycles. The monoisotopic (exact) mass is 335 g/mol. The van der Waals surface area contributed by atoms with Crippen molar-refractivity contribution < 1.29 is 31.1 Å². The van der Waals surface area contributed by atoms with Crippen LogP contribution in [0.2, 0.25) is 0 Å². The van der Waals surface area contributed by atoms with E-state index < -0.39 is 29.2 Å². The second-order valence-corrected chi connectivity index (χ2v) is 4.70. The van der Waals surface area contributed by atoms with Gasteiger partial charge in [0.05, 0.1) is 17.7 Å². The molecule has 1 heterocycles. The van der Waals surface area contributed by atoms with Gasteiger partial charge in [0.15, 0.2) is 0 Å². The van der Waals surface area contributed by atoms with E-state index in [0.717, 1.165) is 5.56 Å². The molecule has 0 saturated heterocycles. The van der Waals surface area contributed by atoms with Crippen LogP contribution in [-0.2, 0) is 18.8 Å². The summed E-state index contributed by atoms with van der Waals surface area (Å²) in [5, 5.41) is 0. The molecule has 0 unspecified atom stereocenters. The van der Waals surface area contributed by atoms with Crippen molar-refractivity contribution in [1.82, 2.24) is 4.98 Å². The minimum absolute atomic E-state index is 0.0635. The maximum Gasteiger partial charge on any atom is 0.416 e. The van der Waals surface area contributed by atoms with Gasteiger partial charge in [0.1, 0.15) is 5.75 Å². The van der Waals surface area contributed by atoms with E-state index in [1.165, 1.54) is 6.20 Å².